The summed E-state index contributed by atoms with van der Waals surface area (Å²) in [5, 5.41) is 8.42. The highest BCUT2D eigenvalue weighted by atomic mass is 35.5. The van der Waals surface area contributed by atoms with Crippen LogP contribution in [0.4, 0.5) is 0 Å². The average molecular weight is 285 g/mol. The van der Waals surface area contributed by atoms with Gasteiger partial charge >= 0.3 is 0 Å². The summed E-state index contributed by atoms with van der Waals surface area (Å²) in [4.78, 5) is 0. The van der Waals surface area contributed by atoms with Gasteiger partial charge in [-0.1, -0.05) is 40.5 Å². The molecule has 0 aliphatic heterocycles. The first-order valence-corrected chi connectivity index (χ1v) is 6.43. The van der Waals surface area contributed by atoms with Gasteiger partial charge in [0.2, 0.25) is 0 Å². The normalized spacial score (nSPS) is 12.7. The molecule has 1 aromatic carbocycles. The smallest absolute Gasteiger partial charge is 0.133 e. The first-order chi connectivity index (χ1) is 8.58. The molecule has 0 spiro atoms. The molecular weight excluding hydrogens is 271 g/mol. The zero-order chi connectivity index (χ0) is 13.1. The Hall–Kier alpha value is -1.03. The van der Waals surface area contributed by atoms with E-state index in [4.69, 9.17) is 27.7 Å². The second kappa shape index (κ2) is 5.74. The molecule has 0 fully saturated rings. The van der Waals surface area contributed by atoms with E-state index in [1.807, 2.05) is 32.0 Å². The Morgan fingerprint density at radius 1 is 1.39 bits per heavy atom. The summed E-state index contributed by atoms with van der Waals surface area (Å²) in [7, 11) is 0. The van der Waals surface area contributed by atoms with Crippen molar-refractivity contribution in [2.75, 3.05) is 0 Å². The van der Waals surface area contributed by atoms with Crippen LogP contribution in [0.2, 0.25) is 10.0 Å². The van der Waals surface area contributed by atoms with Gasteiger partial charge in [-0.05, 0) is 25.5 Å². The molecule has 1 unspecified atom stereocenters. The van der Waals surface area contributed by atoms with E-state index in [-0.39, 0.29) is 6.04 Å². The van der Waals surface area contributed by atoms with Crippen molar-refractivity contribution in [3.8, 4) is 0 Å². The van der Waals surface area contributed by atoms with E-state index < -0.39 is 0 Å². The molecule has 0 saturated heterocycles. The van der Waals surface area contributed by atoms with Crippen LogP contribution in [0.1, 0.15) is 30.0 Å². The maximum atomic E-state index is 6.17. The molecule has 3 nitrogen and oxygen atoms in total. The van der Waals surface area contributed by atoms with E-state index >= 15 is 0 Å². The fourth-order valence-corrected chi connectivity index (χ4v) is 2.20. The van der Waals surface area contributed by atoms with Crippen molar-refractivity contribution >= 4 is 23.2 Å². The maximum absolute atomic E-state index is 6.17. The average Bonchev–Trinajstić information content (AvgIpc) is 2.76. The molecule has 5 heteroatoms. The van der Waals surface area contributed by atoms with Crippen LogP contribution in [0.5, 0.6) is 0 Å². The van der Waals surface area contributed by atoms with E-state index in [9.17, 15) is 0 Å². The number of rotatable bonds is 4. The van der Waals surface area contributed by atoms with E-state index in [0.29, 0.717) is 16.6 Å². The molecule has 1 atom stereocenters. The predicted molar refractivity (Wildman–Crippen MR) is 73.0 cm³/mol. The van der Waals surface area contributed by atoms with Crippen molar-refractivity contribution in [2.45, 2.75) is 26.4 Å². The van der Waals surface area contributed by atoms with Crippen LogP contribution in [-0.2, 0) is 6.54 Å². The summed E-state index contributed by atoms with van der Waals surface area (Å²) < 4.78 is 5.01. The Morgan fingerprint density at radius 3 is 2.83 bits per heavy atom. The van der Waals surface area contributed by atoms with Crippen LogP contribution in [0, 0.1) is 6.92 Å². The Morgan fingerprint density at radius 2 is 2.17 bits per heavy atom. The molecule has 0 aliphatic rings. The Kier molecular flexibility index (Phi) is 4.27. The summed E-state index contributed by atoms with van der Waals surface area (Å²) in [6.45, 7) is 4.53. The minimum absolute atomic E-state index is 0.0909. The van der Waals surface area contributed by atoms with Crippen molar-refractivity contribution in [3.05, 3.63) is 51.3 Å². The fourth-order valence-electron chi connectivity index (χ4n) is 1.72. The SMILES string of the molecule is Cc1cc(CNC(C)c2cccc(Cl)c2Cl)no1. The van der Waals surface area contributed by atoms with Gasteiger partial charge in [-0.2, -0.15) is 0 Å². The van der Waals surface area contributed by atoms with Crippen LogP contribution >= 0.6 is 23.2 Å². The third kappa shape index (κ3) is 3.05. The molecule has 0 amide bonds. The lowest BCUT2D eigenvalue weighted by molar-refractivity contribution is 0.386. The zero-order valence-corrected chi connectivity index (χ0v) is 11.7. The minimum Gasteiger partial charge on any atom is -0.361 e. The van der Waals surface area contributed by atoms with E-state index in [1.54, 1.807) is 6.07 Å². The third-order valence-electron chi connectivity index (χ3n) is 2.71. The molecule has 1 N–H and O–H groups in total. The summed E-state index contributed by atoms with van der Waals surface area (Å²) in [5.74, 6) is 0.806. The number of halogens is 2. The third-order valence-corrected chi connectivity index (χ3v) is 3.55. The van der Waals surface area contributed by atoms with E-state index in [2.05, 4.69) is 10.5 Å². The molecule has 0 saturated carbocycles. The lowest BCUT2D eigenvalue weighted by atomic mass is 10.1. The molecule has 0 bridgehead atoms. The minimum atomic E-state index is 0.0909. The summed E-state index contributed by atoms with van der Waals surface area (Å²) >= 11 is 12.2. The quantitative estimate of drug-likeness (QED) is 0.917. The molecule has 0 radical (unpaired) electrons. The number of nitrogens with one attached hydrogen (secondary N) is 1. The number of hydrogen-bond donors (Lipinski definition) is 1. The second-order valence-electron chi connectivity index (χ2n) is 4.17. The van der Waals surface area contributed by atoms with Crippen molar-refractivity contribution in [1.82, 2.24) is 10.5 Å². The Labute approximate surface area is 116 Å². The fraction of sp³-hybridized carbons (Fsp3) is 0.308. The van der Waals surface area contributed by atoms with Crippen LogP contribution in [0.3, 0.4) is 0 Å². The van der Waals surface area contributed by atoms with Crippen molar-refractivity contribution in [2.24, 2.45) is 0 Å². The summed E-state index contributed by atoms with van der Waals surface area (Å²) in [5.41, 5.74) is 1.85. The van der Waals surface area contributed by atoms with Crippen LogP contribution in [-0.4, -0.2) is 5.16 Å². The van der Waals surface area contributed by atoms with Crippen LogP contribution in [0.15, 0.2) is 28.8 Å². The molecular formula is C13H14Cl2N2O. The van der Waals surface area contributed by atoms with Gasteiger partial charge in [-0.3, -0.25) is 0 Å². The van der Waals surface area contributed by atoms with Gasteiger partial charge in [0, 0.05) is 18.7 Å². The molecule has 0 aliphatic carbocycles. The first kappa shape index (κ1) is 13.4. The first-order valence-electron chi connectivity index (χ1n) is 5.67. The highest BCUT2D eigenvalue weighted by Crippen LogP contribution is 2.29. The molecule has 96 valence electrons. The van der Waals surface area contributed by atoms with Gasteiger partial charge < -0.3 is 9.84 Å². The van der Waals surface area contributed by atoms with Gasteiger partial charge in [0.1, 0.15) is 5.76 Å². The van der Waals surface area contributed by atoms with Crippen LogP contribution in [0.25, 0.3) is 0 Å². The highest BCUT2D eigenvalue weighted by molar-refractivity contribution is 6.42. The van der Waals surface area contributed by atoms with E-state index in [1.165, 1.54) is 0 Å². The highest BCUT2D eigenvalue weighted by Gasteiger charge is 2.12. The van der Waals surface area contributed by atoms with Gasteiger partial charge in [-0.15, -0.1) is 0 Å². The number of aryl methyl sites for hydroxylation is 1. The van der Waals surface area contributed by atoms with Gasteiger partial charge in [0.25, 0.3) is 0 Å². The molecule has 18 heavy (non-hydrogen) atoms. The van der Waals surface area contributed by atoms with E-state index in [0.717, 1.165) is 17.0 Å². The molecule has 2 aromatic rings. The molecule has 1 heterocycles. The predicted octanol–water partition coefficient (Wildman–Crippen LogP) is 4.14. The lowest BCUT2D eigenvalue weighted by Gasteiger charge is -2.15. The second-order valence-corrected chi connectivity index (χ2v) is 4.96. The number of benzene rings is 1. The van der Waals surface area contributed by atoms with Gasteiger partial charge in [-0.25, -0.2) is 0 Å². The summed E-state index contributed by atoms with van der Waals surface area (Å²) in [6, 6.07) is 7.62. The van der Waals surface area contributed by atoms with Crippen molar-refractivity contribution in [1.29, 1.82) is 0 Å². The maximum Gasteiger partial charge on any atom is 0.133 e. The van der Waals surface area contributed by atoms with Gasteiger partial charge in [0.05, 0.1) is 15.7 Å². The van der Waals surface area contributed by atoms with Crippen molar-refractivity contribution in [3.63, 3.8) is 0 Å². The van der Waals surface area contributed by atoms with Gasteiger partial charge in [0.15, 0.2) is 0 Å². The Bertz CT molecular complexity index is 540. The lowest BCUT2D eigenvalue weighted by Crippen LogP contribution is -2.18. The number of aromatic nitrogens is 1. The van der Waals surface area contributed by atoms with Crippen LogP contribution < -0.4 is 5.32 Å². The largest absolute Gasteiger partial charge is 0.361 e. The number of hydrogen-bond acceptors (Lipinski definition) is 3. The monoisotopic (exact) mass is 284 g/mol. The topological polar surface area (TPSA) is 38.1 Å². The number of nitrogens with zero attached hydrogens (tertiary/aromatic N) is 1. The standard InChI is InChI=1S/C13H14Cl2N2O/c1-8-6-10(17-18-8)7-16-9(2)11-4-3-5-12(14)13(11)15/h3-6,9,16H,7H2,1-2H3. The summed E-state index contributed by atoms with van der Waals surface area (Å²) in [6.07, 6.45) is 0. The molecule has 1 aromatic heterocycles. The van der Waals surface area contributed by atoms with Crippen molar-refractivity contribution < 1.29 is 4.52 Å². The molecule has 2 rings (SSSR count). The Balaban J connectivity index is 2.03. The zero-order valence-electron chi connectivity index (χ0n) is 10.2.